The summed E-state index contributed by atoms with van der Waals surface area (Å²) in [4.78, 5) is 15.8. The molecule has 2 rings (SSSR count). The van der Waals surface area contributed by atoms with Crippen molar-refractivity contribution in [2.45, 2.75) is 6.92 Å². The Balaban J connectivity index is 2.18. The first-order chi connectivity index (χ1) is 10.1. The standard InChI is InChI=1S/C15H14ClN3O2/c1-10(13-8-12(16)5-6-14(13)21-2)18-19-15(20)11-4-3-7-17-9-11/h3-9H,1-2H3,(H,19,20)/b18-10-. The number of hydrogen-bond donors (Lipinski definition) is 1. The molecule has 0 aliphatic heterocycles. The van der Waals surface area contributed by atoms with Gasteiger partial charge in [0.1, 0.15) is 5.75 Å². The van der Waals surface area contributed by atoms with Crippen LogP contribution in [0.1, 0.15) is 22.8 Å². The molecule has 5 nitrogen and oxygen atoms in total. The number of aromatic nitrogens is 1. The third-order valence-corrected chi connectivity index (χ3v) is 3.04. The van der Waals surface area contributed by atoms with Crippen LogP contribution in [0.4, 0.5) is 0 Å². The van der Waals surface area contributed by atoms with E-state index in [0.717, 1.165) is 5.56 Å². The Labute approximate surface area is 127 Å². The first kappa shape index (κ1) is 15.0. The van der Waals surface area contributed by atoms with Crippen LogP contribution < -0.4 is 10.2 Å². The minimum absolute atomic E-state index is 0.330. The molecule has 0 radical (unpaired) electrons. The van der Waals surface area contributed by atoms with Crippen molar-refractivity contribution in [1.82, 2.24) is 10.4 Å². The second kappa shape index (κ2) is 6.85. The molecule has 1 heterocycles. The first-order valence-corrected chi connectivity index (χ1v) is 6.58. The van der Waals surface area contributed by atoms with Gasteiger partial charge in [0.15, 0.2) is 0 Å². The van der Waals surface area contributed by atoms with Crippen LogP contribution >= 0.6 is 11.6 Å². The van der Waals surface area contributed by atoms with Crippen LogP contribution in [0, 0.1) is 0 Å². The summed E-state index contributed by atoms with van der Waals surface area (Å²) < 4.78 is 5.25. The molecule has 0 fully saturated rings. The van der Waals surface area contributed by atoms with E-state index in [1.165, 1.54) is 6.20 Å². The van der Waals surface area contributed by atoms with Crippen LogP contribution in [0.5, 0.6) is 5.75 Å². The number of benzene rings is 1. The average molecular weight is 304 g/mol. The van der Waals surface area contributed by atoms with Gasteiger partial charge in [-0.1, -0.05) is 11.6 Å². The Bertz CT molecular complexity index is 672. The Morgan fingerprint density at radius 2 is 2.19 bits per heavy atom. The van der Waals surface area contributed by atoms with Crippen molar-refractivity contribution in [3.05, 3.63) is 58.9 Å². The van der Waals surface area contributed by atoms with Crippen molar-refractivity contribution in [2.75, 3.05) is 7.11 Å². The van der Waals surface area contributed by atoms with E-state index >= 15 is 0 Å². The van der Waals surface area contributed by atoms with Gasteiger partial charge in [-0.2, -0.15) is 5.10 Å². The summed E-state index contributed by atoms with van der Waals surface area (Å²) in [5.41, 5.74) is 4.22. The highest BCUT2D eigenvalue weighted by Crippen LogP contribution is 2.23. The van der Waals surface area contributed by atoms with Gasteiger partial charge in [-0.05, 0) is 37.3 Å². The summed E-state index contributed by atoms with van der Waals surface area (Å²) in [6, 6.07) is 8.55. The maximum atomic E-state index is 11.9. The number of halogens is 1. The summed E-state index contributed by atoms with van der Waals surface area (Å²) in [7, 11) is 1.56. The summed E-state index contributed by atoms with van der Waals surface area (Å²) in [6.45, 7) is 1.76. The zero-order valence-electron chi connectivity index (χ0n) is 11.6. The summed E-state index contributed by atoms with van der Waals surface area (Å²) >= 11 is 5.97. The second-order valence-electron chi connectivity index (χ2n) is 4.22. The molecule has 0 spiro atoms. The molecular weight excluding hydrogens is 290 g/mol. The van der Waals surface area contributed by atoms with Gasteiger partial charge in [0, 0.05) is 23.0 Å². The highest BCUT2D eigenvalue weighted by atomic mass is 35.5. The zero-order valence-corrected chi connectivity index (χ0v) is 12.4. The monoisotopic (exact) mass is 303 g/mol. The van der Waals surface area contributed by atoms with E-state index in [4.69, 9.17) is 16.3 Å². The van der Waals surface area contributed by atoms with Gasteiger partial charge in [0.25, 0.3) is 5.91 Å². The van der Waals surface area contributed by atoms with Gasteiger partial charge in [0.05, 0.1) is 18.4 Å². The van der Waals surface area contributed by atoms with Crippen LogP contribution in [-0.4, -0.2) is 23.7 Å². The Hall–Kier alpha value is -2.40. The molecule has 0 aliphatic rings. The number of pyridine rings is 1. The number of amides is 1. The lowest BCUT2D eigenvalue weighted by atomic mass is 10.1. The van der Waals surface area contributed by atoms with E-state index < -0.39 is 0 Å². The summed E-state index contributed by atoms with van der Waals surface area (Å²) in [5, 5.41) is 4.64. The maximum absolute atomic E-state index is 11.9. The quantitative estimate of drug-likeness (QED) is 0.698. The highest BCUT2D eigenvalue weighted by Gasteiger charge is 2.09. The van der Waals surface area contributed by atoms with Crippen molar-refractivity contribution in [3.8, 4) is 5.75 Å². The second-order valence-corrected chi connectivity index (χ2v) is 4.66. The minimum atomic E-state index is -0.330. The van der Waals surface area contributed by atoms with E-state index in [2.05, 4.69) is 15.5 Å². The SMILES string of the molecule is COc1ccc(Cl)cc1/C(C)=N\NC(=O)c1cccnc1. The van der Waals surface area contributed by atoms with Crippen molar-refractivity contribution in [3.63, 3.8) is 0 Å². The van der Waals surface area contributed by atoms with Gasteiger partial charge >= 0.3 is 0 Å². The number of carbonyl (C=O) groups is 1. The van der Waals surface area contributed by atoms with Crippen LogP contribution in [0.15, 0.2) is 47.8 Å². The molecule has 21 heavy (non-hydrogen) atoms. The van der Waals surface area contributed by atoms with E-state index in [1.54, 1.807) is 50.6 Å². The highest BCUT2D eigenvalue weighted by molar-refractivity contribution is 6.31. The number of nitrogens with zero attached hydrogens (tertiary/aromatic N) is 2. The van der Waals surface area contributed by atoms with Crippen LogP contribution in [0.2, 0.25) is 5.02 Å². The van der Waals surface area contributed by atoms with Gasteiger partial charge in [-0.25, -0.2) is 5.43 Å². The molecule has 1 amide bonds. The molecule has 1 aromatic carbocycles. The fourth-order valence-electron chi connectivity index (χ4n) is 1.72. The number of ether oxygens (including phenoxy) is 1. The Morgan fingerprint density at radius 1 is 1.38 bits per heavy atom. The molecule has 0 saturated heterocycles. The Kier molecular flexibility index (Phi) is 4.90. The number of hydrogen-bond acceptors (Lipinski definition) is 4. The normalized spacial score (nSPS) is 11.1. The molecule has 1 N–H and O–H groups in total. The molecule has 2 aromatic rings. The molecule has 0 saturated carbocycles. The largest absolute Gasteiger partial charge is 0.496 e. The lowest BCUT2D eigenvalue weighted by molar-refractivity contribution is 0.0954. The van der Waals surface area contributed by atoms with Gasteiger partial charge < -0.3 is 4.74 Å². The molecule has 6 heteroatoms. The van der Waals surface area contributed by atoms with Gasteiger partial charge in [-0.3, -0.25) is 9.78 Å². The number of carbonyl (C=O) groups excluding carboxylic acids is 1. The number of rotatable bonds is 4. The predicted molar refractivity (Wildman–Crippen MR) is 81.9 cm³/mol. The summed E-state index contributed by atoms with van der Waals surface area (Å²) in [5.74, 6) is 0.305. The molecule has 0 atom stereocenters. The maximum Gasteiger partial charge on any atom is 0.272 e. The van der Waals surface area contributed by atoms with Crippen molar-refractivity contribution >= 4 is 23.2 Å². The van der Waals surface area contributed by atoms with E-state index in [0.29, 0.717) is 22.0 Å². The van der Waals surface area contributed by atoms with Crippen molar-refractivity contribution in [1.29, 1.82) is 0 Å². The lowest BCUT2D eigenvalue weighted by Gasteiger charge is -2.08. The van der Waals surface area contributed by atoms with Crippen molar-refractivity contribution in [2.24, 2.45) is 5.10 Å². The minimum Gasteiger partial charge on any atom is -0.496 e. The smallest absolute Gasteiger partial charge is 0.272 e. The predicted octanol–water partition coefficient (Wildman–Crippen LogP) is 2.90. The molecule has 1 aromatic heterocycles. The molecule has 0 aliphatic carbocycles. The third kappa shape index (κ3) is 3.79. The summed E-state index contributed by atoms with van der Waals surface area (Å²) in [6.07, 6.45) is 3.07. The van der Waals surface area contributed by atoms with Gasteiger partial charge in [0.2, 0.25) is 0 Å². The molecule has 0 unspecified atom stereocenters. The third-order valence-electron chi connectivity index (χ3n) is 2.80. The van der Waals surface area contributed by atoms with Crippen LogP contribution in [-0.2, 0) is 0 Å². The number of nitrogens with one attached hydrogen (secondary N) is 1. The fraction of sp³-hybridized carbons (Fsp3) is 0.133. The van der Waals surface area contributed by atoms with Crippen molar-refractivity contribution < 1.29 is 9.53 Å². The van der Waals surface area contributed by atoms with Crippen LogP contribution in [0.3, 0.4) is 0 Å². The van der Waals surface area contributed by atoms with E-state index in [9.17, 15) is 4.79 Å². The van der Waals surface area contributed by atoms with Crippen LogP contribution in [0.25, 0.3) is 0 Å². The first-order valence-electron chi connectivity index (χ1n) is 6.20. The van der Waals surface area contributed by atoms with E-state index in [-0.39, 0.29) is 5.91 Å². The zero-order chi connectivity index (χ0) is 15.2. The molecule has 0 bridgehead atoms. The lowest BCUT2D eigenvalue weighted by Crippen LogP contribution is -2.19. The van der Waals surface area contributed by atoms with Gasteiger partial charge in [-0.15, -0.1) is 0 Å². The molecule has 108 valence electrons. The average Bonchev–Trinajstić information content (AvgIpc) is 2.53. The number of methoxy groups -OCH3 is 1. The van der Waals surface area contributed by atoms with E-state index in [1.807, 2.05) is 0 Å². The topological polar surface area (TPSA) is 63.6 Å². The molecular formula is C15H14ClN3O2. The fourth-order valence-corrected chi connectivity index (χ4v) is 1.89. The number of hydrazone groups is 1. The Morgan fingerprint density at radius 3 is 2.86 bits per heavy atom.